The number of hydrogen-bond donors (Lipinski definition) is 1. The first kappa shape index (κ1) is 16.8. The number of carbonyl (C=O) groups is 1. The van der Waals surface area contributed by atoms with Gasteiger partial charge in [-0.2, -0.15) is 0 Å². The van der Waals surface area contributed by atoms with Crippen LogP contribution in [0.4, 0.5) is 13.2 Å². The maximum absolute atomic E-state index is 13.5. The minimum absolute atomic E-state index is 0.170. The summed E-state index contributed by atoms with van der Waals surface area (Å²) in [5.41, 5.74) is 1.87. The van der Waals surface area contributed by atoms with E-state index in [0.29, 0.717) is 25.1 Å². The molecule has 1 amide bonds. The second-order valence-corrected chi connectivity index (χ2v) is 5.08. The van der Waals surface area contributed by atoms with Crippen molar-refractivity contribution >= 4 is 12.0 Å². The fourth-order valence-electron chi connectivity index (χ4n) is 2.10. The lowest BCUT2D eigenvalue weighted by molar-refractivity contribution is -0.120. The first-order chi connectivity index (χ1) is 11.0. The predicted octanol–water partition coefficient (Wildman–Crippen LogP) is 3.65. The minimum atomic E-state index is -1.27. The van der Waals surface area contributed by atoms with E-state index in [4.69, 9.17) is 0 Å². The number of nitrogens with one attached hydrogen (secondary N) is 1. The van der Waals surface area contributed by atoms with Gasteiger partial charge in [-0.05, 0) is 23.6 Å². The first-order valence-corrected chi connectivity index (χ1v) is 7.11. The molecule has 2 rings (SSSR count). The average Bonchev–Trinajstić information content (AvgIpc) is 2.53. The van der Waals surface area contributed by atoms with Gasteiger partial charge in [-0.25, -0.2) is 13.2 Å². The second-order valence-electron chi connectivity index (χ2n) is 5.08. The topological polar surface area (TPSA) is 29.1 Å². The summed E-state index contributed by atoms with van der Waals surface area (Å²) in [5, 5.41) is 2.63. The number of benzene rings is 2. The molecule has 120 valence electrons. The van der Waals surface area contributed by atoms with Gasteiger partial charge in [0.2, 0.25) is 5.91 Å². The van der Waals surface area contributed by atoms with Crippen LogP contribution in [0.3, 0.4) is 0 Å². The minimum Gasteiger partial charge on any atom is -0.355 e. The highest BCUT2D eigenvalue weighted by Gasteiger charge is 2.12. The molecular weight excluding hydrogens is 303 g/mol. The third-order valence-corrected chi connectivity index (χ3v) is 3.39. The van der Waals surface area contributed by atoms with E-state index in [1.165, 1.54) is 0 Å². The number of carbonyl (C=O) groups excluding carboxylic acids is 1. The molecule has 0 saturated carbocycles. The van der Waals surface area contributed by atoms with Crippen LogP contribution in [0.5, 0.6) is 0 Å². The van der Waals surface area contributed by atoms with Gasteiger partial charge < -0.3 is 5.32 Å². The van der Waals surface area contributed by atoms with Gasteiger partial charge in [0.1, 0.15) is 5.82 Å². The zero-order chi connectivity index (χ0) is 16.8. The Morgan fingerprint density at radius 3 is 2.35 bits per heavy atom. The monoisotopic (exact) mass is 319 g/mol. The largest absolute Gasteiger partial charge is 0.355 e. The number of hydrogen-bond acceptors (Lipinski definition) is 1. The maximum atomic E-state index is 13.5. The molecule has 0 radical (unpaired) electrons. The predicted molar refractivity (Wildman–Crippen MR) is 83.3 cm³/mol. The molecule has 0 heterocycles. The summed E-state index contributed by atoms with van der Waals surface area (Å²) in [5.74, 6) is -3.82. The molecule has 0 saturated heterocycles. The van der Waals surface area contributed by atoms with Crippen LogP contribution in [0.2, 0.25) is 0 Å². The van der Waals surface area contributed by atoms with Crippen LogP contribution >= 0.6 is 0 Å². The van der Waals surface area contributed by atoms with E-state index in [1.54, 1.807) is 6.08 Å². The highest BCUT2D eigenvalue weighted by Crippen LogP contribution is 2.14. The van der Waals surface area contributed by atoms with Crippen LogP contribution in [0, 0.1) is 17.5 Å². The van der Waals surface area contributed by atoms with Crippen molar-refractivity contribution in [1.29, 1.82) is 0 Å². The first-order valence-electron chi connectivity index (χ1n) is 7.11. The Morgan fingerprint density at radius 2 is 1.70 bits per heavy atom. The van der Waals surface area contributed by atoms with Gasteiger partial charge in [0.25, 0.3) is 0 Å². The summed E-state index contributed by atoms with van der Waals surface area (Å²) in [6.45, 7) is 4.04. The molecule has 0 bridgehead atoms. The summed E-state index contributed by atoms with van der Waals surface area (Å²) >= 11 is 0. The fraction of sp³-hybridized carbons (Fsp3) is 0.167. The summed E-state index contributed by atoms with van der Waals surface area (Å²) in [6.07, 6.45) is 2.02. The molecule has 23 heavy (non-hydrogen) atoms. The van der Waals surface area contributed by atoms with Crippen molar-refractivity contribution in [3.05, 3.63) is 77.1 Å². The van der Waals surface area contributed by atoms with Gasteiger partial charge in [-0.1, -0.05) is 36.9 Å². The lowest BCUT2D eigenvalue weighted by Crippen LogP contribution is -2.27. The third-order valence-electron chi connectivity index (χ3n) is 3.39. The fourth-order valence-corrected chi connectivity index (χ4v) is 2.10. The molecular formula is C18H16F3NO. The molecule has 0 aliphatic carbocycles. The Morgan fingerprint density at radius 1 is 1.04 bits per heavy atom. The summed E-state index contributed by atoms with van der Waals surface area (Å²) in [6, 6.07) is 8.84. The lowest BCUT2D eigenvalue weighted by Gasteiger charge is -2.07. The number of amides is 1. The molecule has 0 aliphatic heterocycles. The van der Waals surface area contributed by atoms with Gasteiger partial charge in [-0.15, -0.1) is 0 Å². The van der Waals surface area contributed by atoms with E-state index in [0.717, 1.165) is 11.1 Å². The third kappa shape index (κ3) is 4.71. The Hall–Kier alpha value is -2.56. The Labute approximate surface area is 132 Å². The summed E-state index contributed by atoms with van der Waals surface area (Å²) in [4.78, 5) is 11.7. The highest BCUT2D eigenvalue weighted by molar-refractivity contribution is 5.78. The zero-order valence-corrected chi connectivity index (χ0v) is 12.4. The van der Waals surface area contributed by atoms with Crippen LogP contribution in [-0.2, 0) is 17.6 Å². The van der Waals surface area contributed by atoms with Crippen molar-refractivity contribution < 1.29 is 18.0 Å². The normalized spacial score (nSPS) is 10.4. The molecule has 0 fully saturated rings. The molecule has 2 aromatic carbocycles. The Balaban J connectivity index is 1.85. The van der Waals surface area contributed by atoms with Crippen LogP contribution in [0.15, 0.2) is 43.0 Å². The van der Waals surface area contributed by atoms with E-state index >= 15 is 0 Å². The number of rotatable bonds is 6. The molecule has 0 spiro atoms. The molecule has 0 atom stereocenters. The van der Waals surface area contributed by atoms with Crippen molar-refractivity contribution in [3.63, 3.8) is 0 Å². The highest BCUT2D eigenvalue weighted by atomic mass is 19.2. The maximum Gasteiger partial charge on any atom is 0.224 e. The standard InChI is InChI=1S/C18H16F3NO/c1-2-12-3-5-13(6-4-12)7-8-22-18(23)10-14-9-16(20)17(21)11-15(14)19/h2-6,9,11H,1,7-8,10H2,(H,22,23). The van der Waals surface area contributed by atoms with Gasteiger partial charge in [-0.3, -0.25) is 4.79 Å². The van der Waals surface area contributed by atoms with E-state index in [9.17, 15) is 18.0 Å². The van der Waals surface area contributed by atoms with Crippen molar-refractivity contribution in [1.82, 2.24) is 5.32 Å². The van der Waals surface area contributed by atoms with Crippen LogP contribution in [0.25, 0.3) is 6.08 Å². The van der Waals surface area contributed by atoms with Crippen LogP contribution < -0.4 is 5.32 Å². The number of halogens is 3. The summed E-state index contributed by atoms with van der Waals surface area (Å²) in [7, 11) is 0. The molecule has 1 N–H and O–H groups in total. The Kier molecular flexibility index (Phi) is 5.57. The lowest BCUT2D eigenvalue weighted by atomic mass is 10.1. The van der Waals surface area contributed by atoms with Gasteiger partial charge in [0.05, 0.1) is 6.42 Å². The average molecular weight is 319 g/mol. The van der Waals surface area contributed by atoms with Crippen molar-refractivity contribution in [2.75, 3.05) is 6.54 Å². The molecule has 0 aliphatic rings. The summed E-state index contributed by atoms with van der Waals surface area (Å²) < 4.78 is 39.3. The van der Waals surface area contributed by atoms with Crippen molar-refractivity contribution in [2.45, 2.75) is 12.8 Å². The molecule has 2 nitrogen and oxygen atoms in total. The van der Waals surface area contributed by atoms with Crippen molar-refractivity contribution in [3.8, 4) is 0 Å². The molecule has 0 unspecified atom stereocenters. The van der Waals surface area contributed by atoms with E-state index < -0.39 is 23.4 Å². The van der Waals surface area contributed by atoms with E-state index in [2.05, 4.69) is 11.9 Å². The van der Waals surface area contributed by atoms with Crippen LogP contribution in [-0.4, -0.2) is 12.5 Å². The van der Waals surface area contributed by atoms with Gasteiger partial charge >= 0.3 is 0 Å². The molecule has 5 heteroatoms. The van der Waals surface area contributed by atoms with E-state index in [1.807, 2.05) is 24.3 Å². The zero-order valence-electron chi connectivity index (χ0n) is 12.4. The van der Waals surface area contributed by atoms with Crippen LogP contribution in [0.1, 0.15) is 16.7 Å². The SMILES string of the molecule is C=Cc1ccc(CCNC(=O)Cc2cc(F)c(F)cc2F)cc1. The van der Waals surface area contributed by atoms with Crippen molar-refractivity contribution in [2.24, 2.45) is 0 Å². The molecule has 0 aromatic heterocycles. The molecule has 2 aromatic rings. The second kappa shape index (κ2) is 7.63. The smallest absolute Gasteiger partial charge is 0.224 e. The van der Waals surface area contributed by atoms with Gasteiger partial charge in [0.15, 0.2) is 11.6 Å². The Bertz CT molecular complexity index is 711. The quantitative estimate of drug-likeness (QED) is 0.809. The van der Waals surface area contributed by atoms with E-state index in [-0.39, 0.29) is 12.0 Å². The van der Waals surface area contributed by atoms with Gasteiger partial charge in [0, 0.05) is 18.2 Å².